The van der Waals surface area contributed by atoms with E-state index in [1.165, 1.54) is 18.3 Å². The number of carbonyl (C=O) groups is 1. The molecule has 0 spiro atoms. The number of carbonyl (C=O) groups excluding carboxylic acids is 1. The van der Waals surface area contributed by atoms with Crippen LogP contribution in [0.15, 0.2) is 11.1 Å². The largest absolute Gasteiger partial charge is 0.469 e. The van der Waals surface area contributed by atoms with Gasteiger partial charge in [-0.25, -0.2) is 0 Å². The first kappa shape index (κ1) is 10.3. The summed E-state index contributed by atoms with van der Waals surface area (Å²) in [6, 6.07) is 0. The van der Waals surface area contributed by atoms with Gasteiger partial charge < -0.3 is 4.74 Å². The summed E-state index contributed by atoms with van der Waals surface area (Å²) in [6.07, 6.45) is 2.80. The molecule has 0 saturated heterocycles. The molecule has 0 heterocycles. The molecule has 1 aliphatic carbocycles. The molecule has 0 unspecified atom stereocenters. The lowest BCUT2D eigenvalue weighted by atomic mass is 9.73. The van der Waals surface area contributed by atoms with Crippen LogP contribution in [0.5, 0.6) is 0 Å². The van der Waals surface area contributed by atoms with Gasteiger partial charge in [0.05, 0.1) is 12.5 Å². The van der Waals surface area contributed by atoms with Crippen molar-refractivity contribution in [1.29, 1.82) is 0 Å². The number of esters is 1. The van der Waals surface area contributed by atoms with E-state index < -0.39 is 0 Å². The zero-order valence-electron chi connectivity index (χ0n) is 8.94. The maximum absolute atomic E-state index is 11.5. The van der Waals surface area contributed by atoms with E-state index in [1.54, 1.807) is 0 Å². The molecule has 0 amide bonds. The summed E-state index contributed by atoms with van der Waals surface area (Å²) in [5.41, 5.74) is 2.50. The Morgan fingerprint density at radius 1 is 1.38 bits per heavy atom. The molecule has 0 bridgehead atoms. The fraction of sp³-hybridized carbons (Fsp3) is 0.727. The predicted octanol–water partition coefficient (Wildman–Crippen LogP) is 2.69. The third-order valence-electron chi connectivity index (χ3n) is 3.11. The van der Waals surface area contributed by atoms with Gasteiger partial charge in [-0.2, -0.15) is 0 Å². The van der Waals surface area contributed by atoms with E-state index >= 15 is 0 Å². The van der Waals surface area contributed by atoms with Crippen LogP contribution in [0.2, 0.25) is 0 Å². The molecular weight excluding hydrogens is 164 g/mol. The van der Waals surface area contributed by atoms with Crippen molar-refractivity contribution in [2.75, 3.05) is 7.11 Å². The van der Waals surface area contributed by atoms with Gasteiger partial charge in [-0.05, 0) is 40.0 Å². The molecule has 0 aromatic heterocycles. The van der Waals surface area contributed by atoms with Crippen molar-refractivity contribution in [3.8, 4) is 0 Å². The summed E-state index contributed by atoms with van der Waals surface area (Å²) in [7, 11) is 1.47. The summed E-state index contributed by atoms with van der Waals surface area (Å²) in [6.45, 7) is 6.25. The van der Waals surface area contributed by atoms with Crippen molar-refractivity contribution >= 4 is 5.97 Å². The Bertz CT molecular complexity index is 253. The normalized spacial score (nSPS) is 28.9. The monoisotopic (exact) mass is 182 g/mol. The van der Waals surface area contributed by atoms with E-state index in [-0.39, 0.29) is 11.4 Å². The molecule has 2 nitrogen and oxygen atoms in total. The van der Waals surface area contributed by atoms with Crippen LogP contribution in [-0.2, 0) is 9.53 Å². The first-order valence-electron chi connectivity index (χ1n) is 4.73. The van der Waals surface area contributed by atoms with Crippen molar-refractivity contribution in [2.45, 2.75) is 40.0 Å². The van der Waals surface area contributed by atoms with Crippen molar-refractivity contribution in [1.82, 2.24) is 0 Å². The van der Waals surface area contributed by atoms with Gasteiger partial charge in [0.15, 0.2) is 0 Å². The van der Waals surface area contributed by atoms with Crippen LogP contribution in [0.25, 0.3) is 0 Å². The molecule has 0 aliphatic heterocycles. The third kappa shape index (κ3) is 1.93. The van der Waals surface area contributed by atoms with E-state index in [0.717, 1.165) is 19.3 Å². The van der Waals surface area contributed by atoms with Gasteiger partial charge in [0, 0.05) is 0 Å². The van der Waals surface area contributed by atoms with Crippen molar-refractivity contribution in [3.63, 3.8) is 0 Å². The predicted molar refractivity (Wildman–Crippen MR) is 52.3 cm³/mol. The highest BCUT2D eigenvalue weighted by Gasteiger charge is 2.36. The standard InChI is InChI=1S/C11H18O2/c1-8-5-6-11(3,7-9(8)2)10(12)13-4/h5-7H2,1-4H3/t11-/m0/s1. The number of hydrogen-bond donors (Lipinski definition) is 0. The smallest absolute Gasteiger partial charge is 0.311 e. The summed E-state index contributed by atoms with van der Waals surface area (Å²) in [5.74, 6) is -0.0700. The van der Waals surface area contributed by atoms with Crippen molar-refractivity contribution in [2.24, 2.45) is 5.41 Å². The van der Waals surface area contributed by atoms with E-state index in [1.807, 2.05) is 6.92 Å². The van der Waals surface area contributed by atoms with Crippen LogP contribution in [0.4, 0.5) is 0 Å². The highest BCUT2D eigenvalue weighted by Crippen LogP contribution is 2.39. The van der Waals surface area contributed by atoms with Gasteiger partial charge in [-0.3, -0.25) is 4.79 Å². The molecule has 2 heteroatoms. The Kier molecular flexibility index (Phi) is 2.79. The Morgan fingerprint density at radius 3 is 2.46 bits per heavy atom. The minimum atomic E-state index is -0.279. The van der Waals surface area contributed by atoms with Crippen LogP contribution < -0.4 is 0 Å². The Balaban J connectivity index is 2.81. The lowest BCUT2D eigenvalue weighted by Gasteiger charge is -2.32. The minimum Gasteiger partial charge on any atom is -0.469 e. The molecule has 0 N–H and O–H groups in total. The number of rotatable bonds is 1. The third-order valence-corrected chi connectivity index (χ3v) is 3.11. The number of hydrogen-bond acceptors (Lipinski definition) is 2. The van der Waals surface area contributed by atoms with Gasteiger partial charge in [0.25, 0.3) is 0 Å². The molecule has 0 radical (unpaired) electrons. The Morgan fingerprint density at radius 2 is 2.00 bits per heavy atom. The summed E-state index contributed by atoms with van der Waals surface area (Å²) < 4.78 is 4.81. The van der Waals surface area contributed by atoms with Gasteiger partial charge in [-0.15, -0.1) is 0 Å². The lowest BCUT2D eigenvalue weighted by Crippen LogP contribution is -2.31. The second-order valence-corrected chi connectivity index (χ2v) is 4.29. The quantitative estimate of drug-likeness (QED) is 0.460. The maximum Gasteiger partial charge on any atom is 0.311 e. The van der Waals surface area contributed by atoms with Crippen LogP contribution >= 0.6 is 0 Å². The molecule has 74 valence electrons. The zero-order valence-corrected chi connectivity index (χ0v) is 8.94. The molecule has 0 fully saturated rings. The van der Waals surface area contributed by atoms with Gasteiger partial charge in [-0.1, -0.05) is 11.1 Å². The topological polar surface area (TPSA) is 26.3 Å². The lowest BCUT2D eigenvalue weighted by molar-refractivity contribution is -0.152. The highest BCUT2D eigenvalue weighted by atomic mass is 16.5. The fourth-order valence-electron chi connectivity index (χ4n) is 1.92. The molecule has 0 aromatic rings. The molecule has 1 atom stereocenters. The molecular formula is C11H18O2. The first-order chi connectivity index (χ1) is 5.99. The van der Waals surface area contributed by atoms with E-state index in [0.29, 0.717) is 0 Å². The highest BCUT2D eigenvalue weighted by molar-refractivity contribution is 5.77. The Labute approximate surface area is 80.0 Å². The second-order valence-electron chi connectivity index (χ2n) is 4.29. The number of ether oxygens (including phenoxy) is 1. The van der Waals surface area contributed by atoms with E-state index in [4.69, 9.17) is 4.74 Å². The van der Waals surface area contributed by atoms with Crippen LogP contribution in [0.1, 0.15) is 40.0 Å². The van der Waals surface area contributed by atoms with Crippen LogP contribution in [0, 0.1) is 5.41 Å². The summed E-state index contributed by atoms with van der Waals surface area (Å²) in [5, 5.41) is 0. The molecule has 13 heavy (non-hydrogen) atoms. The molecule has 1 aliphatic rings. The first-order valence-corrected chi connectivity index (χ1v) is 4.73. The summed E-state index contributed by atoms with van der Waals surface area (Å²) >= 11 is 0. The van der Waals surface area contributed by atoms with E-state index in [2.05, 4.69) is 13.8 Å². The maximum atomic E-state index is 11.5. The Hall–Kier alpha value is -0.790. The average Bonchev–Trinajstić information content (AvgIpc) is 2.11. The SMILES string of the molecule is COC(=O)[C@@]1(C)CCC(C)=C(C)C1. The minimum absolute atomic E-state index is 0.0700. The van der Waals surface area contributed by atoms with E-state index in [9.17, 15) is 4.79 Å². The van der Waals surface area contributed by atoms with Crippen LogP contribution in [0.3, 0.4) is 0 Å². The molecule has 0 saturated carbocycles. The van der Waals surface area contributed by atoms with Gasteiger partial charge in [0.1, 0.15) is 0 Å². The van der Waals surface area contributed by atoms with Crippen LogP contribution in [-0.4, -0.2) is 13.1 Å². The molecule has 1 rings (SSSR count). The van der Waals surface area contributed by atoms with Gasteiger partial charge in [0.2, 0.25) is 0 Å². The second kappa shape index (κ2) is 3.52. The van der Waals surface area contributed by atoms with Crippen molar-refractivity contribution in [3.05, 3.63) is 11.1 Å². The average molecular weight is 182 g/mol. The zero-order chi connectivity index (χ0) is 10.1. The number of allylic oxidation sites excluding steroid dienone is 2. The number of methoxy groups -OCH3 is 1. The molecule has 0 aromatic carbocycles. The fourth-order valence-corrected chi connectivity index (χ4v) is 1.92. The van der Waals surface area contributed by atoms with Crippen molar-refractivity contribution < 1.29 is 9.53 Å². The summed E-state index contributed by atoms with van der Waals surface area (Å²) in [4.78, 5) is 11.5. The van der Waals surface area contributed by atoms with Gasteiger partial charge >= 0.3 is 5.97 Å².